The second-order valence-electron chi connectivity index (χ2n) is 7.80. The van der Waals surface area contributed by atoms with E-state index in [1.54, 1.807) is 7.11 Å². The molecule has 0 aliphatic carbocycles. The molecule has 1 aromatic carbocycles. The number of likely N-dealkylation sites (tertiary alicyclic amines) is 1. The van der Waals surface area contributed by atoms with E-state index in [0.29, 0.717) is 13.1 Å². The molecule has 0 saturated carbocycles. The lowest BCUT2D eigenvalue weighted by Crippen LogP contribution is -2.41. The highest BCUT2D eigenvalue weighted by Crippen LogP contribution is 2.28. The van der Waals surface area contributed by atoms with Gasteiger partial charge in [0, 0.05) is 25.0 Å². The van der Waals surface area contributed by atoms with Crippen LogP contribution in [0.15, 0.2) is 29.3 Å². The van der Waals surface area contributed by atoms with Crippen LogP contribution in [-0.4, -0.2) is 57.2 Å². The number of hydrogen-bond acceptors (Lipinski definition) is 4. The molecule has 6 nitrogen and oxygen atoms in total. The molecule has 0 aromatic heterocycles. The summed E-state index contributed by atoms with van der Waals surface area (Å²) in [5, 5.41) is 3.37. The van der Waals surface area contributed by atoms with E-state index in [0.717, 1.165) is 24.8 Å². The third-order valence-corrected chi connectivity index (χ3v) is 5.23. The van der Waals surface area contributed by atoms with Gasteiger partial charge in [0.05, 0.1) is 26.7 Å². The Morgan fingerprint density at radius 2 is 2.07 bits per heavy atom. The van der Waals surface area contributed by atoms with Gasteiger partial charge in [0.15, 0.2) is 5.96 Å². The standard InChI is InChI=1S/C21H33N3O3/c1-7-22-20(24-12-15(2)18(13-24)19(25)27-6)23-14-21(3,4)16-9-8-10-17(11-16)26-5/h8-11,15,18H,7,12-14H2,1-6H3,(H,22,23). The summed E-state index contributed by atoms with van der Waals surface area (Å²) in [5.41, 5.74) is 1.05. The molecule has 1 heterocycles. The number of ether oxygens (including phenoxy) is 2. The summed E-state index contributed by atoms with van der Waals surface area (Å²) in [4.78, 5) is 19.0. The molecule has 27 heavy (non-hydrogen) atoms. The van der Waals surface area contributed by atoms with Gasteiger partial charge in [0.2, 0.25) is 0 Å². The molecule has 0 radical (unpaired) electrons. The van der Waals surface area contributed by atoms with E-state index in [9.17, 15) is 4.79 Å². The zero-order valence-electron chi connectivity index (χ0n) is 17.4. The van der Waals surface area contributed by atoms with Gasteiger partial charge in [-0.05, 0) is 30.5 Å². The van der Waals surface area contributed by atoms with Crippen molar-refractivity contribution in [3.8, 4) is 5.75 Å². The summed E-state index contributed by atoms with van der Waals surface area (Å²) >= 11 is 0. The first kappa shape index (κ1) is 21.1. The van der Waals surface area contributed by atoms with Crippen molar-refractivity contribution in [2.24, 2.45) is 16.8 Å². The molecular formula is C21H33N3O3. The predicted octanol–water partition coefficient (Wildman–Crippen LogP) is 2.68. The summed E-state index contributed by atoms with van der Waals surface area (Å²) in [5.74, 6) is 1.70. The highest BCUT2D eigenvalue weighted by Gasteiger charge is 2.37. The van der Waals surface area contributed by atoms with Crippen molar-refractivity contribution in [2.45, 2.75) is 33.1 Å². The van der Waals surface area contributed by atoms with Crippen LogP contribution in [0, 0.1) is 11.8 Å². The molecule has 1 saturated heterocycles. The fourth-order valence-electron chi connectivity index (χ4n) is 3.43. The maximum Gasteiger partial charge on any atom is 0.310 e. The Kier molecular flexibility index (Phi) is 7.11. The van der Waals surface area contributed by atoms with Crippen LogP contribution in [0.2, 0.25) is 0 Å². The molecule has 150 valence electrons. The zero-order valence-corrected chi connectivity index (χ0v) is 17.4. The Morgan fingerprint density at radius 3 is 2.70 bits per heavy atom. The second kappa shape index (κ2) is 9.11. The molecule has 1 aromatic rings. The zero-order chi connectivity index (χ0) is 20.0. The van der Waals surface area contributed by atoms with E-state index in [-0.39, 0.29) is 23.2 Å². The lowest BCUT2D eigenvalue weighted by Gasteiger charge is -2.26. The third kappa shape index (κ3) is 5.15. The molecule has 2 rings (SSSR count). The van der Waals surface area contributed by atoms with Crippen molar-refractivity contribution >= 4 is 11.9 Å². The summed E-state index contributed by atoms with van der Waals surface area (Å²) < 4.78 is 10.3. The van der Waals surface area contributed by atoms with E-state index in [4.69, 9.17) is 14.5 Å². The Labute approximate surface area is 162 Å². The average molecular weight is 376 g/mol. The molecule has 0 amide bonds. The Balaban J connectivity index is 2.16. The van der Waals surface area contributed by atoms with E-state index >= 15 is 0 Å². The Morgan fingerprint density at radius 1 is 1.33 bits per heavy atom. The van der Waals surface area contributed by atoms with Crippen LogP contribution >= 0.6 is 0 Å². The molecular weight excluding hydrogens is 342 g/mol. The fraction of sp³-hybridized carbons (Fsp3) is 0.619. The fourth-order valence-corrected chi connectivity index (χ4v) is 3.43. The van der Waals surface area contributed by atoms with Crippen molar-refractivity contribution in [1.82, 2.24) is 10.2 Å². The molecule has 1 aliphatic rings. The monoisotopic (exact) mass is 375 g/mol. The highest BCUT2D eigenvalue weighted by atomic mass is 16.5. The number of rotatable bonds is 6. The number of esters is 1. The van der Waals surface area contributed by atoms with Crippen LogP contribution in [0.3, 0.4) is 0 Å². The van der Waals surface area contributed by atoms with Crippen molar-refractivity contribution in [3.63, 3.8) is 0 Å². The van der Waals surface area contributed by atoms with Crippen LogP contribution < -0.4 is 10.1 Å². The minimum atomic E-state index is -0.141. The number of nitrogens with one attached hydrogen (secondary N) is 1. The Bertz CT molecular complexity index is 672. The van der Waals surface area contributed by atoms with Gasteiger partial charge in [-0.25, -0.2) is 0 Å². The minimum absolute atomic E-state index is 0.106. The maximum absolute atomic E-state index is 12.0. The smallest absolute Gasteiger partial charge is 0.310 e. The number of nitrogens with zero attached hydrogens (tertiary/aromatic N) is 2. The van der Waals surface area contributed by atoms with E-state index in [1.165, 1.54) is 12.7 Å². The van der Waals surface area contributed by atoms with Crippen molar-refractivity contribution in [3.05, 3.63) is 29.8 Å². The van der Waals surface area contributed by atoms with Crippen molar-refractivity contribution < 1.29 is 14.3 Å². The van der Waals surface area contributed by atoms with Crippen LogP contribution in [0.25, 0.3) is 0 Å². The summed E-state index contributed by atoms with van der Waals surface area (Å²) in [6, 6.07) is 8.13. The van der Waals surface area contributed by atoms with Gasteiger partial charge >= 0.3 is 5.97 Å². The lowest BCUT2D eigenvalue weighted by atomic mass is 9.84. The number of hydrogen-bond donors (Lipinski definition) is 1. The van der Waals surface area contributed by atoms with E-state index in [1.807, 2.05) is 12.1 Å². The summed E-state index contributed by atoms with van der Waals surface area (Å²) in [6.07, 6.45) is 0. The number of benzene rings is 1. The van der Waals surface area contributed by atoms with Gasteiger partial charge in [-0.2, -0.15) is 0 Å². The van der Waals surface area contributed by atoms with Crippen molar-refractivity contribution in [2.75, 3.05) is 40.4 Å². The topological polar surface area (TPSA) is 63.2 Å². The van der Waals surface area contributed by atoms with Gasteiger partial charge in [0.25, 0.3) is 0 Å². The molecule has 0 spiro atoms. The van der Waals surface area contributed by atoms with Crippen LogP contribution in [0.4, 0.5) is 0 Å². The molecule has 6 heteroatoms. The first-order chi connectivity index (χ1) is 12.8. The average Bonchev–Trinajstić information content (AvgIpc) is 3.06. The van der Waals surface area contributed by atoms with Crippen LogP contribution in [0.5, 0.6) is 5.75 Å². The second-order valence-corrected chi connectivity index (χ2v) is 7.80. The normalized spacial score (nSPS) is 20.5. The first-order valence-corrected chi connectivity index (χ1v) is 9.58. The minimum Gasteiger partial charge on any atom is -0.497 e. The van der Waals surface area contributed by atoms with E-state index in [2.05, 4.69) is 50.0 Å². The summed E-state index contributed by atoms with van der Waals surface area (Å²) in [7, 11) is 3.13. The van der Waals surface area contributed by atoms with Gasteiger partial charge in [0.1, 0.15) is 5.75 Å². The van der Waals surface area contributed by atoms with Gasteiger partial charge in [-0.15, -0.1) is 0 Å². The molecule has 2 atom stereocenters. The largest absolute Gasteiger partial charge is 0.497 e. The number of guanidine groups is 1. The number of aliphatic imine (C=N–C) groups is 1. The lowest BCUT2D eigenvalue weighted by molar-refractivity contribution is -0.145. The maximum atomic E-state index is 12.0. The highest BCUT2D eigenvalue weighted by molar-refractivity contribution is 5.82. The molecule has 2 unspecified atom stereocenters. The first-order valence-electron chi connectivity index (χ1n) is 9.58. The Hall–Kier alpha value is -2.24. The third-order valence-electron chi connectivity index (χ3n) is 5.23. The molecule has 0 bridgehead atoms. The molecule has 1 N–H and O–H groups in total. The molecule has 1 fully saturated rings. The quantitative estimate of drug-likeness (QED) is 0.471. The number of methoxy groups -OCH3 is 2. The van der Waals surface area contributed by atoms with Gasteiger partial charge < -0.3 is 19.7 Å². The van der Waals surface area contributed by atoms with Gasteiger partial charge in [-0.1, -0.05) is 32.9 Å². The molecule has 1 aliphatic heterocycles. The number of carbonyl (C=O) groups excluding carboxylic acids is 1. The van der Waals surface area contributed by atoms with E-state index < -0.39 is 0 Å². The van der Waals surface area contributed by atoms with Gasteiger partial charge in [-0.3, -0.25) is 9.79 Å². The van der Waals surface area contributed by atoms with Crippen molar-refractivity contribution in [1.29, 1.82) is 0 Å². The van der Waals surface area contributed by atoms with Crippen LogP contribution in [0.1, 0.15) is 33.3 Å². The predicted molar refractivity (Wildman–Crippen MR) is 108 cm³/mol. The number of carbonyl (C=O) groups is 1. The van der Waals surface area contributed by atoms with Crippen LogP contribution in [-0.2, 0) is 14.9 Å². The summed E-state index contributed by atoms with van der Waals surface area (Å²) in [6.45, 7) is 11.4. The SMILES string of the molecule is CCNC(=NCC(C)(C)c1cccc(OC)c1)N1CC(C)C(C(=O)OC)C1.